The second-order valence-corrected chi connectivity index (χ2v) is 5.33. The van der Waals surface area contributed by atoms with Crippen molar-refractivity contribution in [3.8, 4) is 5.75 Å². The SMILES string of the molecule is CCN(C)C(=O)c1cccc(OCc2ccc(C(F)(F)F)cc2)c1. The molecule has 0 aliphatic heterocycles. The van der Waals surface area contributed by atoms with Gasteiger partial charge in [-0.2, -0.15) is 13.2 Å². The summed E-state index contributed by atoms with van der Waals surface area (Å²) in [5.74, 6) is 0.378. The van der Waals surface area contributed by atoms with E-state index in [1.807, 2.05) is 6.92 Å². The van der Waals surface area contributed by atoms with Crippen molar-refractivity contribution in [1.29, 1.82) is 0 Å². The highest BCUT2D eigenvalue weighted by Gasteiger charge is 2.29. The molecule has 0 N–H and O–H groups in total. The van der Waals surface area contributed by atoms with Gasteiger partial charge in [-0.15, -0.1) is 0 Å². The zero-order chi connectivity index (χ0) is 17.7. The Kier molecular flexibility index (Phi) is 5.49. The molecule has 2 aromatic rings. The van der Waals surface area contributed by atoms with Crippen molar-refractivity contribution in [2.45, 2.75) is 19.7 Å². The van der Waals surface area contributed by atoms with E-state index >= 15 is 0 Å². The summed E-state index contributed by atoms with van der Waals surface area (Å²) >= 11 is 0. The Balaban J connectivity index is 2.03. The van der Waals surface area contributed by atoms with Crippen LogP contribution >= 0.6 is 0 Å². The van der Waals surface area contributed by atoms with E-state index in [9.17, 15) is 18.0 Å². The first-order valence-electron chi connectivity index (χ1n) is 7.45. The van der Waals surface area contributed by atoms with Crippen LogP contribution in [0, 0.1) is 0 Å². The zero-order valence-corrected chi connectivity index (χ0v) is 13.4. The Morgan fingerprint density at radius 3 is 2.38 bits per heavy atom. The number of hydrogen-bond donors (Lipinski definition) is 0. The number of carbonyl (C=O) groups excluding carboxylic acids is 1. The van der Waals surface area contributed by atoms with Crippen LogP contribution in [0.3, 0.4) is 0 Å². The van der Waals surface area contributed by atoms with Crippen LogP contribution in [0.2, 0.25) is 0 Å². The molecule has 0 saturated heterocycles. The quantitative estimate of drug-likeness (QED) is 0.810. The van der Waals surface area contributed by atoms with E-state index in [1.54, 1.807) is 36.2 Å². The molecule has 0 aromatic heterocycles. The third-order valence-electron chi connectivity index (χ3n) is 3.59. The van der Waals surface area contributed by atoms with Gasteiger partial charge in [0, 0.05) is 19.2 Å². The third-order valence-corrected chi connectivity index (χ3v) is 3.59. The predicted molar refractivity (Wildman–Crippen MR) is 84.9 cm³/mol. The zero-order valence-electron chi connectivity index (χ0n) is 13.4. The molecule has 0 heterocycles. The Morgan fingerprint density at radius 1 is 1.12 bits per heavy atom. The summed E-state index contributed by atoms with van der Waals surface area (Å²) in [6.07, 6.45) is -4.35. The molecule has 128 valence electrons. The van der Waals surface area contributed by atoms with Gasteiger partial charge in [0.1, 0.15) is 12.4 Å². The maximum Gasteiger partial charge on any atom is 0.416 e. The average molecular weight is 337 g/mol. The second-order valence-electron chi connectivity index (χ2n) is 5.33. The number of carbonyl (C=O) groups is 1. The van der Waals surface area contributed by atoms with Gasteiger partial charge in [0.25, 0.3) is 5.91 Å². The van der Waals surface area contributed by atoms with Gasteiger partial charge in [-0.3, -0.25) is 4.79 Å². The number of nitrogens with zero attached hydrogens (tertiary/aromatic N) is 1. The van der Waals surface area contributed by atoms with Crippen LogP contribution < -0.4 is 4.74 Å². The summed E-state index contributed by atoms with van der Waals surface area (Å²) in [6, 6.07) is 11.5. The van der Waals surface area contributed by atoms with Crippen molar-refractivity contribution in [1.82, 2.24) is 4.90 Å². The number of halogens is 3. The molecular formula is C18H18F3NO2. The first-order chi connectivity index (χ1) is 11.3. The molecule has 0 unspecified atom stereocenters. The molecule has 0 spiro atoms. The van der Waals surface area contributed by atoms with Gasteiger partial charge in [0.05, 0.1) is 5.56 Å². The van der Waals surface area contributed by atoms with Crippen LogP contribution in [0.4, 0.5) is 13.2 Å². The van der Waals surface area contributed by atoms with Gasteiger partial charge in [0.15, 0.2) is 0 Å². The molecule has 0 aliphatic rings. The van der Waals surface area contributed by atoms with Crippen LogP contribution in [-0.2, 0) is 12.8 Å². The summed E-state index contributed by atoms with van der Waals surface area (Å²) < 4.78 is 43.1. The summed E-state index contributed by atoms with van der Waals surface area (Å²) in [5.41, 5.74) is 0.427. The van der Waals surface area contributed by atoms with Crippen molar-refractivity contribution in [2.24, 2.45) is 0 Å². The number of rotatable bonds is 5. The number of hydrogen-bond acceptors (Lipinski definition) is 2. The molecule has 3 nitrogen and oxygen atoms in total. The molecule has 0 aliphatic carbocycles. The van der Waals surface area contributed by atoms with Crippen LogP contribution in [0.25, 0.3) is 0 Å². The lowest BCUT2D eigenvalue weighted by Gasteiger charge is -2.15. The van der Waals surface area contributed by atoms with Gasteiger partial charge in [0.2, 0.25) is 0 Å². The largest absolute Gasteiger partial charge is 0.489 e. The molecule has 2 rings (SSSR count). The molecule has 0 atom stereocenters. The first kappa shape index (κ1) is 17.8. The van der Waals surface area contributed by atoms with E-state index in [1.165, 1.54) is 12.1 Å². The molecule has 0 bridgehead atoms. The van der Waals surface area contributed by atoms with E-state index in [4.69, 9.17) is 4.74 Å². The van der Waals surface area contributed by atoms with E-state index < -0.39 is 11.7 Å². The summed E-state index contributed by atoms with van der Waals surface area (Å²) in [6.45, 7) is 2.59. The van der Waals surface area contributed by atoms with E-state index in [2.05, 4.69) is 0 Å². The Hall–Kier alpha value is -2.50. The lowest BCUT2D eigenvalue weighted by Crippen LogP contribution is -2.26. The lowest BCUT2D eigenvalue weighted by atomic mass is 10.1. The topological polar surface area (TPSA) is 29.5 Å². The summed E-state index contributed by atoms with van der Waals surface area (Å²) in [4.78, 5) is 13.7. The first-order valence-corrected chi connectivity index (χ1v) is 7.45. The fourth-order valence-electron chi connectivity index (χ4n) is 2.04. The highest BCUT2D eigenvalue weighted by atomic mass is 19.4. The number of alkyl halides is 3. The van der Waals surface area contributed by atoms with Crippen LogP contribution in [0.5, 0.6) is 5.75 Å². The molecule has 1 amide bonds. The second kappa shape index (κ2) is 7.38. The average Bonchev–Trinajstić information content (AvgIpc) is 2.58. The van der Waals surface area contributed by atoms with Crippen molar-refractivity contribution in [3.05, 3.63) is 65.2 Å². The smallest absolute Gasteiger partial charge is 0.416 e. The standard InChI is InChI=1S/C18H18F3NO2/c1-3-22(2)17(23)14-5-4-6-16(11-14)24-12-13-7-9-15(10-8-13)18(19,20)21/h4-11H,3,12H2,1-2H3. The Labute approximate surface area is 138 Å². The maximum absolute atomic E-state index is 12.5. The minimum Gasteiger partial charge on any atom is -0.489 e. The van der Waals surface area contributed by atoms with Gasteiger partial charge in [-0.25, -0.2) is 0 Å². The van der Waals surface area contributed by atoms with Crippen molar-refractivity contribution < 1.29 is 22.7 Å². The highest BCUT2D eigenvalue weighted by molar-refractivity contribution is 5.94. The van der Waals surface area contributed by atoms with Crippen molar-refractivity contribution in [2.75, 3.05) is 13.6 Å². The number of amides is 1. The lowest BCUT2D eigenvalue weighted by molar-refractivity contribution is -0.137. The van der Waals surface area contributed by atoms with Crippen LogP contribution in [0.15, 0.2) is 48.5 Å². The van der Waals surface area contributed by atoms with Crippen molar-refractivity contribution >= 4 is 5.91 Å². The van der Waals surface area contributed by atoms with E-state index in [-0.39, 0.29) is 12.5 Å². The minimum atomic E-state index is -4.35. The fourth-order valence-corrected chi connectivity index (χ4v) is 2.04. The number of benzene rings is 2. The maximum atomic E-state index is 12.5. The Morgan fingerprint density at radius 2 is 1.79 bits per heavy atom. The molecule has 0 fully saturated rings. The van der Waals surface area contributed by atoms with Gasteiger partial charge in [-0.1, -0.05) is 18.2 Å². The number of ether oxygens (including phenoxy) is 1. The van der Waals surface area contributed by atoms with Crippen LogP contribution in [-0.4, -0.2) is 24.4 Å². The van der Waals surface area contributed by atoms with Gasteiger partial charge < -0.3 is 9.64 Å². The molecule has 2 aromatic carbocycles. The van der Waals surface area contributed by atoms with E-state index in [0.717, 1.165) is 12.1 Å². The molecule has 0 radical (unpaired) electrons. The molecule has 0 saturated carbocycles. The molecular weight excluding hydrogens is 319 g/mol. The summed E-state index contributed by atoms with van der Waals surface area (Å²) in [5, 5.41) is 0. The predicted octanol–water partition coefficient (Wildman–Crippen LogP) is 4.38. The monoisotopic (exact) mass is 337 g/mol. The highest BCUT2D eigenvalue weighted by Crippen LogP contribution is 2.29. The van der Waals surface area contributed by atoms with Crippen molar-refractivity contribution in [3.63, 3.8) is 0 Å². The molecule has 6 heteroatoms. The fraction of sp³-hybridized carbons (Fsp3) is 0.278. The summed E-state index contributed by atoms with van der Waals surface area (Å²) in [7, 11) is 1.71. The van der Waals surface area contributed by atoms with E-state index in [0.29, 0.717) is 23.4 Å². The minimum absolute atomic E-state index is 0.113. The van der Waals surface area contributed by atoms with Gasteiger partial charge in [-0.05, 0) is 42.8 Å². The van der Waals surface area contributed by atoms with Gasteiger partial charge >= 0.3 is 6.18 Å². The third kappa shape index (κ3) is 4.50. The molecule has 24 heavy (non-hydrogen) atoms. The normalized spacial score (nSPS) is 11.2. The van der Waals surface area contributed by atoms with Crippen LogP contribution in [0.1, 0.15) is 28.4 Å². The Bertz CT molecular complexity index is 696.